The molecular formula is C10H10N4O2S. The van der Waals surface area contributed by atoms with E-state index < -0.39 is 0 Å². The van der Waals surface area contributed by atoms with Crippen LogP contribution < -0.4 is 0 Å². The van der Waals surface area contributed by atoms with Crippen LogP contribution in [0.25, 0.3) is 11.5 Å². The predicted octanol–water partition coefficient (Wildman–Crippen LogP) is 0.870. The SMILES string of the molecule is Cn1ccc(-c2noc(C3CSCC3=O)n2)n1. The molecule has 0 radical (unpaired) electrons. The van der Waals surface area contributed by atoms with Crippen LogP contribution in [-0.2, 0) is 11.8 Å². The molecular weight excluding hydrogens is 240 g/mol. The van der Waals surface area contributed by atoms with Gasteiger partial charge < -0.3 is 4.52 Å². The molecule has 2 aromatic heterocycles. The molecule has 88 valence electrons. The molecule has 0 aliphatic carbocycles. The highest BCUT2D eigenvalue weighted by atomic mass is 32.2. The number of rotatable bonds is 2. The fourth-order valence-electron chi connectivity index (χ4n) is 1.70. The number of hydrogen-bond acceptors (Lipinski definition) is 6. The van der Waals surface area contributed by atoms with Crippen LogP contribution in [0.5, 0.6) is 0 Å². The lowest BCUT2D eigenvalue weighted by atomic mass is 10.1. The molecule has 7 heteroatoms. The smallest absolute Gasteiger partial charge is 0.238 e. The van der Waals surface area contributed by atoms with Gasteiger partial charge in [0.15, 0.2) is 5.78 Å². The quantitative estimate of drug-likeness (QED) is 0.787. The lowest BCUT2D eigenvalue weighted by Gasteiger charge is -1.97. The molecule has 1 aliphatic rings. The molecule has 3 rings (SSSR count). The maximum atomic E-state index is 11.6. The van der Waals surface area contributed by atoms with Crippen LogP contribution in [0.4, 0.5) is 0 Å². The van der Waals surface area contributed by atoms with Gasteiger partial charge in [-0.25, -0.2) is 0 Å². The van der Waals surface area contributed by atoms with Gasteiger partial charge in [0.25, 0.3) is 0 Å². The van der Waals surface area contributed by atoms with E-state index in [1.165, 1.54) is 0 Å². The molecule has 0 saturated carbocycles. The third kappa shape index (κ3) is 1.86. The van der Waals surface area contributed by atoms with Gasteiger partial charge in [0.05, 0.1) is 5.75 Å². The van der Waals surface area contributed by atoms with Gasteiger partial charge in [-0.3, -0.25) is 9.48 Å². The zero-order valence-corrected chi connectivity index (χ0v) is 9.98. The molecule has 2 aromatic rings. The zero-order valence-electron chi connectivity index (χ0n) is 9.16. The second-order valence-electron chi connectivity index (χ2n) is 3.86. The number of hydrogen-bond donors (Lipinski definition) is 0. The van der Waals surface area contributed by atoms with Gasteiger partial charge in [0, 0.05) is 19.0 Å². The van der Waals surface area contributed by atoms with Crippen molar-refractivity contribution < 1.29 is 9.32 Å². The lowest BCUT2D eigenvalue weighted by molar-refractivity contribution is -0.117. The first kappa shape index (κ1) is 10.5. The number of aryl methyl sites for hydroxylation is 1. The average Bonchev–Trinajstić information content (AvgIpc) is 2.97. The van der Waals surface area contributed by atoms with Crippen molar-refractivity contribution in [3.63, 3.8) is 0 Å². The van der Waals surface area contributed by atoms with E-state index in [-0.39, 0.29) is 11.7 Å². The fourth-order valence-corrected chi connectivity index (χ4v) is 2.78. The molecule has 1 aliphatic heterocycles. The van der Waals surface area contributed by atoms with Crippen LogP contribution in [0.1, 0.15) is 11.8 Å². The summed E-state index contributed by atoms with van der Waals surface area (Å²) >= 11 is 1.60. The van der Waals surface area contributed by atoms with Crippen molar-refractivity contribution in [3.05, 3.63) is 18.2 Å². The average molecular weight is 250 g/mol. The first-order valence-corrected chi connectivity index (χ1v) is 6.33. The monoisotopic (exact) mass is 250 g/mol. The maximum Gasteiger partial charge on any atom is 0.238 e. The van der Waals surface area contributed by atoms with Gasteiger partial charge in [0.2, 0.25) is 11.7 Å². The summed E-state index contributed by atoms with van der Waals surface area (Å²) in [6.07, 6.45) is 1.81. The molecule has 0 amide bonds. The molecule has 3 heterocycles. The van der Waals surface area contributed by atoms with E-state index in [0.29, 0.717) is 23.2 Å². The Bertz CT molecular complexity index is 562. The van der Waals surface area contributed by atoms with Crippen LogP contribution in [0.3, 0.4) is 0 Å². The number of carbonyl (C=O) groups is 1. The molecule has 1 saturated heterocycles. The second-order valence-corrected chi connectivity index (χ2v) is 4.90. The summed E-state index contributed by atoms with van der Waals surface area (Å²) in [5.41, 5.74) is 0.653. The highest BCUT2D eigenvalue weighted by molar-refractivity contribution is 8.00. The molecule has 6 nitrogen and oxygen atoms in total. The Morgan fingerprint density at radius 3 is 3.12 bits per heavy atom. The number of nitrogens with zero attached hydrogens (tertiary/aromatic N) is 4. The first-order chi connectivity index (χ1) is 8.24. The molecule has 0 N–H and O–H groups in total. The van der Waals surface area contributed by atoms with Crippen molar-refractivity contribution >= 4 is 17.5 Å². The van der Waals surface area contributed by atoms with E-state index in [4.69, 9.17) is 4.52 Å². The van der Waals surface area contributed by atoms with E-state index in [2.05, 4.69) is 15.2 Å². The number of carbonyl (C=O) groups excluding carboxylic acids is 1. The summed E-state index contributed by atoms with van der Waals surface area (Å²) in [5, 5.41) is 8.04. The second kappa shape index (κ2) is 3.99. The highest BCUT2D eigenvalue weighted by Crippen LogP contribution is 2.29. The summed E-state index contributed by atoms with van der Waals surface area (Å²) < 4.78 is 6.81. The minimum atomic E-state index is -0.245. The molecule has 0 aromatic carbocycles. The lowest BCUT2D eigenvalue weighted by Crippen LogP contribution is -2.09. The van der Waals surface area contributed by atoms with Crippen molar-refractivity contribution in [2.45, 2.75) is 5.92 Å². The molecule has 1 fully saturated rings. The summed E-state index contributed by atoms with van der Waals surface area (Å²) in [5.74, 6) is 2.01. The standard InChI is InChI=1S/C10H10N4O2S/c1-14-3-2-7(12-14)9-11-10(16-13-9)6-4-17-5-8(6)15/h2-3,6H,4-5H2,1H3. The fraction of sp³-hybridized carbons (Fsp3) is 0.400. The Morgan fingerprint density at radius 1 is 1.59 bits per heavy atom. The number of thioether (sulfide) groups is 1. The van der Waals surface area contributed by atoms with E-state index in [0.717, 1.165) is 5.75 Å². The van der Waals surface area contributed by atoms with E-state index in [9.17, 15) is 4.79 Å². The Morgan fingerprint density at radius 2 is 2.47 bits per heavy atom. The topological polar surface area (TPSA) is 73.8 Å². The van der Waals surface area contributed by atoms with Crippen LogP contribution in [0.15, 0.2) is 16.8 Å². The minimum absolute atomic E-state index is 0.159. The molecule has 1 atom stereocenters. The number of ketones is 1. The maximum absolute atomic E-state index is 11.6. The normalized spacial score (nSPS) is 20.1. The number of aromatic nitrogens is 4. The van der Waals surface area contributed by atoms with Gasteiger partial charge in [-0.1, -0.05) is 5.16 Å². The highest BCUT2D eigenvalue weighted by Gasteiger charge is 2.31. The van der Waals surface area contributed by atoms with Gasteiger partial charge >= 0.3 is 0 Å². The van der Waals surface area contributed by atoms with E-state index in [1.54, 1.807) is 22.5 Å². The Hall–Kier alpha value is -1.63. The van der Waals surface area contributed by atoms with Crippen LogP contribution in [0.2, 0.25) is 0 Å². The first-order valence-electron chi connectivity index (χ1n) is 5.18. The summed E-state index contributed by atoms with van der Waals surface area (Å²) in [7, 11) is 1.82. The van der Waals surface area contributed by atoms with Gasteiger partial charge in [0.1, 0.15) is 11.6 Å². The number of Topliss-reactive ketones (excluding diaryl/α,β-unsaturated/α-hetero) is 1. The summed E-state index contributed by atoms with van der Waals surface area (Å²) in [6.45, 7) is 0. The van der Waals surface area contributed by atoms with E-state index >= 15 is 0 Å². The Kier molecular flexibility index (Phi) is 2.47. The predicted molar refractivity (Wildman–Crippen MR) is 61.6 cm³/mol. The van der Waals surface area contributed by atoms with Crippen molar-refractivity contribution in [1.82, 2.24) is 19.9 Å². The largest absolute Gasteiger partial charge is 0.338 e. The van der Waals surface area contributed by atoms with Gasteiger partial charge in [-0.05, 0) is 6.07 Å². The van der Waals surface area contributed by atoms with Gasteiger partial charge in [-0.15, -0.1) is 0 Å². The third-order valence-corrected chi connectivity index (χ3v) is 3.66. The summed E-state index contributed by atoms with van der Waals surface area (Å²) in [4.78, 5) is 15.8. The molecule has 0 spiro atoms. The summed E-state index contributed by atoms with van der Waals surface area (Å²) in [6, 6.07) is 1.81. The molecule has 0 bridgehead atoms. The van der Waals surface area contributed by atoms with Crippen molar-refractivity contribution in [1.29, 1.82) is 0 Å². The zero-order chi connectivity index (χ0) is 11.8. The molecule has 17 heavy (non-hydrogen) atoms. The minimum Gasteiger partial charge on any atom is -0.338 e. The van der Waals surface area contributed by atoms with Crippen LogP contribution in [0, 0.1) is 0 Å². The molecule has 1 unspecified atom stereocenters. The van der Waals surface area contributed by atoms with Gasteiger partial charge in [-0.2, -0.15) is 21.8 Å². The van der Waals surface area contributed by atoms with Crippen LogP contribution in [-0.4, -0.2) is 37.2 Å². The van der Waals surface area contributed by atoms with Crippen LogP contribution >= 0.6 is 11.8 Å². The van der Waals surface area contributed by atoms with E-state index in [1.807, 2.05) is 13.2 Å². The van der Waals surface area contributed by atoms with Crippen molar-refractivity contribution in [3.8, 4) is 11.5 Å². The Balaban J connectivity index is 1.90. The van der Waals surface area contributed by atoms with Crippen molar-refractivity contribution in [2.75, 3.05) is 11.5 Å². The van der Waals surface area contributed by atoms with Crippen molar-refractivity contribution in [2.24, 2.45) is 7.05 Å². The Labute approximate surface area is 101 Å². The third-order valence-electron chi connectivity index (χ3n) is 2.60.